The SMILES string of the molecule is CC(C)N(C(=O)O)[C@@H]1CN(C(=O)C2CCN(c3ccc(C#N)nn3)CC2)C[C@H]1c1ccc(Cl)cc1. The van der Waals surface area contributed by atoms with E-state index in [1.807, 2.05) is 36.9 Å². The molecule has 0 unspecified atom stereocenters. The van der Waals surface area contributed by atoms with E-state index in [1.54, 1.807) is 24.3 Å². The minimum absolute atomic E-state index is 0.0751. The highest BCUT2D eigenvalue weighted by atomic mass is 35.5. The summed E-state index contributed by atoms with van der Waals surface area (Å²) < 4.78 is 0. The van der Waals surface area contributed by atoms with Crippen LogP contribution in [0.2, 0.25) is 5.02 Å². The normalized spacial score (nSPS) is 20.7. The smallest absolute Gasteiger partial charge is 0.407 e. The van der Waals surface area contributed by atoms with Crippen molar-refractivity contribution in [2.45, 2.75) is 44.7 Å². The van der Waals surface area contributed by atoms with E-state index in [2.05, 4.69) is 15.1 Å². The van der Waals surface area contributed by atoms with E-state index in [9.17, 15) is 14.7 Å². The van der Waals surface area contributed by atoms with Crippen LogP contribution in [-0.2, 0) is 4.79 Å². The minimum atomic E-state index is -0.977. The lowest BCUT2D eigenvalue weighted by Crippen LogP contribution is -2.48. The maximum absolute atomic E-state index is 13.5. The molecule has 0 bridgehead atoms. The summed E-state index contributed by atoms with van der Waals surface area (Å²) in [6, 6.07) is 12.3. The molecule has 184 valence electrons. The molecule has 4 rings (SSSR count). The van der Waals surface area contributed by atoms with Gasteiger partial charge in [-0.15, -0.1) is 10.2 Å². The molecule has 2 aliphatic heterocycles. The molecule has 1 aromatic heterocycles. The highest BCUT2D eigenvalue weighted by Gasteiger charge is 2.43. The van der Waals surface area contributed by atoms with Gasteiger partial charge in [-0.25, -0.2) is 4.79 Å². The Bertz CT molecular complexity index is 1090. The van der Waals surface area contributed by atoms with Crippen LogP contribution in [-0.4, -0.2) is 75.4 Å². The molecule has 2 atom stereocenters. The minimum Gasteiger partial charge on any atom is -0.465 e. The highest BCUT2D eigenvalue weighted by molar-refractivity contribution is 6.30. The number of aromatic nitrogens is 2. The van der Waals surface area contributed by atoms with Crippen molar-refractivity contribution in [3.05, 3.63) is 52.7 Å². The van der Waals surface area contributed by atoms with Crippen LogP contribution in [0.15, 0.2) is 36.4 Å². The number of carbonyl (C=O) groups excluding carboxylic acids is 1. The molecule has 0 saturated carbocycles. The number of benzene rings is 1. The fraction of sp³-hybridized carbons (Fsp3) is 0.480. The third-order valence-corrected chi connectivity index (χ3v) is 7.22. The average molecular weight is 497 g/mol. The zero-order valence-corrected chi connectivity index (χ0v) is 20.6. The second kappa shape index (κ2) is 10.5. The van der Waals surface area contributed by atoms with Gasteiger partial charge < -0.3 is 19.8 Å². The molecule has 0 radical (unpaired) electrons. The standard InChI is InChI=1S/C25H29ClN6O3/c1-16(2)32(25(34)35)22-15-31(14-21(22)17-3-5-19(26)6-4-17)24(33)18-9-11-30(12-10-18)23-8-7-20(13-27)28-29-23/h3-8,16,18,21-22H,9-12,14-15H2,1-2H3,(H,34,35)/t21-,22+/m0/s1. The van der Waals surface area contributed by atoms with Gasteiger partial charge in [-0.05, 0) is 56.5 Å². The third-order valence-electron chi connectivity index (χ3n) is 6.97. The van der Waals surface area contributed by atoms with Gasteiger partial charge in [0.1, 0.15) is 6.07 Å². The number of piperidine rings is 1. The van der Waals surface area contributed by atoms with E-state index in [4.69, 9.17) is 16.9 Å². The van der Waals surface area contributed by atoms with Gasteiger partial charge in [-0.3, -0.25) is 4.79 Å². The lowest BCUT2D eigenvalue weighted by Gasteiger charge is -2.34. The second-order valence-corrected chi connectivity index (χ2v) is 9.84. The van der Waals surface area contributed by atoms with Crippen molar-refractivity contribution in [2.24, 2.45) is 5.92 Å². The average Bonchev–Trinajstić information content (AvgIpc) is 3.28. The summed E-state index contributed by atoms with van der Waals surface area (Å²) in [6.07, 6.45) is 0.385. The van der Waals surface area contributed by atoms with Crippen LogP contribution in [0.4, 0.5) is 10.6 Å². The third kappa shape index (κ3) is 5.33. The van der Waals surface area contributed by atoms with E-state index in [1.165, 1.54) is 4.90 Å². The Morgan fingerprint density at radius 1 is 1.11 bits per heavy atom. The van der Waals surface area contributed by atoms with Gasteiger partial charge in [0, 0.05) is 49.1 Å². The molecule has 35 heavy (non-hydrogen) atoms. The number of hydrogen-bond donors (Lipinski definition) is 1. The molecule has 9 nitrogen and oxygen atoms in total. The Hall–Kier alpha value is -3.38. The van der Waals surface area contributed by atoms with E-state index in [0.717, 1.165) is 5.56 Å². The number of rotatable bonds is 5. The number of amides is 2. The van der Waals surface area contributed by atoms with E-state index >= 15 is 0 Å². The maximum atomic E-state index is 13.5. The molecule has 10 heteroatoms. The Labute approximate surface area is 209 Å². The van der Waals surface area contributed by atoms with Crippen molar-refractivity contribution in [1.29, 1.82) is 5.26 Å². The first kappa shape index (κ1) is 24.7. The van der Waals surface area contributed by atoms with Crippen molar-refractivity contribution in [2.75, 3.05) is 31.1 Å². The summed E-state index contributed by atoms with van der Waals surface area (Å²) >= 11 is 6.07. The molecule has 1 aromatic carbocycles. The molecule has 2 saturated heterocycles. The monoisotopic (exact) mass is 496 g/mol. The van der Waals surface area contributed by atoms with Gasteiger partial charge in [0.2, 0.25) is 5.91 Å². The second-order valence-electron chi connectivity index (χ2n) is 9.40. The van der Waals surface area contributed by atoms with Crippen molar-refractivity contribution < 1.29 is 14.7 Å². The van der Waals surface area contributed by atoms with E-state index in [0.29, 0.717) is 49.9 Å². The first-order chi connectivity index (χ1) is 16.8. The van der Waals surface area contributed by atoms with Gasteiger partial charge in [-0.2, -0.15) is 5.26 Å². The van der Waals surface area contributed by atoms with Gasteiger partial charge >= 0.3 is 6.09 Å². The van der Waals surface area contributed by atoms with Crippen molar-refractivity contribution >= 4 is 29.4 Å². The summed E-state index contributed by atoms with van der Waals surface area (Å²) in [7, 11) is 0. The fourth-order valence-electron chi connectivity index (χ4n) is 5.20. The molecular weight excluding hydrogens is 468 g/mol. The van der Waals surface area contributed by atoms with Crippen LogP contribution >= 0.6 is 11.6 Å². The van der Waals surface area contributed by atoms with Gasteiger partial charge in [0.15, 0.2) is 11.5 Å². The molecule has 0 spiro atoms. The zero-order valence-electron chi connectivity index (χ0n) is 19.8. The Balaban J connectivity index is 1.47. The number of halogens is 1. The zero-order chi connectivity index (χ0) is 25.1. The van der Waals surface area contributed by atoms with Crippen molar-refractivity contribution in [3.8, 4) is 6.07 Å². The number of anilines is 1. The first-order valence-corrected chi connectivity index (χ1v) is 12.2. The summed E-state index contributed by atoms with van der Waals surface area (Å²) in [5, 5.41) is 27.5. The van der Waals surface area contributed by atoms with Crippen LogP contribution in [0.3, 0.4) is 0 Å². The molecule has 2 amide bonds. The van der Waals surface area contributed by atoms with E-state index in [-0.39, 0.29) is 35.5 Å². The predicted molar refractivity (Wildman–Crippen MR) is 131 cm³/mol. The summed E-state index contributed by atoms with van der Waals surface area (Å²) in [4.78, 5) is 31.0. The van der Waals surface area contributed by atoms with Crippen LogP contribution in [0, 0.1) is 17.2 Å². The number of nitriles is 1. The van der Waals surface area contributed by atoms with Crippen LogP contribution in [0.25, 0.3) is 0 Å². The fourth-order valence-corrected chi connectivity index (χ4v) is 5.32. The van der Waals surface area contributed by atoms with Crippen molar-refractivity contribution in [3.63, 3.8) is 0 Å². The van der Waals surface area contributed by atoms with Gasteiger partial charge in [0.25, 0.3) is 0 Å². The lowest BCUT2D eigenvalue weighted by atomic mass is 9.92. The quantitative estimate of drug-likeness (QED) is 0.672. The topological polar surface area (TPSA) is 114 Å². The van der Waals surface area contributed by atoms with Gasteiger partial charge in [-0.1, -0.05) is 23.7 Å². The molecular formula is C25H29ClN6O3. The lowest BCUT2D eigenvalue weighted by molar-refractivity contribution is -0.135. The van der Waals surface area contributed by atoms with Crippen LogP contribution < -0.4 is 4.90 Å². The van der Waals surface area contributed by atoms with E-state index < -0.39 is 6.09 Å². The Kier molecular flexibility index (Phi) is 7.41. The number of carboxylic acid groups (broad SMARTS) is 1. The number of carbonyl (C=O) groups is 2. The largest absolute Gasteiger partial charge is 0.465 e. The Morgan fingerprint density at radius 2 is 1.80 bits per heavy atom. The molecule has 0 aliphatic carbocycles. The Morgan fingerprint density at radius 3 is 2.34 bits per heavy atom. The number of likely N-dealkylation sites (tertiary alicyclic amines) is 1. The van der Waals surface area contributed by atoms with Crippen LogP contribution in [0.1, 0.15) is 43.9 Å². The van der Waals surface area contributed by atoms with Crippen molar-refractivity contribution in [1.82, 2.24) is 20.0 Å². The highest BCUT2D eigenvalue weighted by Crippen LogP contribution is 2.35. The molecule has 2 aromatic rings. The molecule has 2 aliphatic rings. The van der Waals surface area contributed by atoms with Crippen LogP contribution in [0.5, 0.6) is 0 Å². The summed E-state index contributed by atoms with van der Waals surface area (Å²) in [6.45, 7) is 5.91. The molecule has 1 N–H and O–H groups in total. The predicted octanol–water partition coefficient (Wildman–Crippen LogP) is 3.60. The number of nitrogens with zero attached hydrogens (tertiary/aromatic N) is 6. The maximum Gasteiger partial charge on any atom is 0.407 e. The first-order valence-electron chi connectivity index (χ1n) is 11.8. The summed E-state index contributed by atoms with van der Waals surface area (Å²) in [5.41, 5.74) is 1.25. The van der Waals surface area contributed by atoms with Gasteiger partial charge in [0.05, 0.1) is 6.04 Å². The summed E-state index contributed by atoms with van der Waals surface area (Å²) in [5.74, 6) is 0.530. The molecule has 2 fully saturated rings. The number of hydrogen-bond acceptors (Lipinski definition) is 6. The molecule has 3 heterocycles.